The number of rotatable bonds is 11. The summed E-state index contributed by atoms with van der Waals surface area (Å²) in [6, 6.07) is 25.2. The number of fused-ring (bicyclic) bond motifs is 3. The predicted molar refractivity (Wildman–Crippen MR) is 161 cm³/mol. The lowest BCUT2D eigenvalue weighted by molar-refractivity contribution is -0.150. The number of ether oxygens (including phenoxy) is 1. The molecule has 1 fully saturated rings. The number of likely N-dealkylation sites (tertiary alicyclic amines) is 1. The lowest BCUT2D eigenvalue weighted by Crippen LogP contribution is -2.63. The lowest BCUT2D eigenvalue weighted by Gasteiger charge is -2.40. The summed E-state index contributed by atoms with van der Waals surface area (Å²) in [4.78, 5) is 41.0. The van der Waals surface area contributed by atoms with Gasteiger partial charge in [0, 0.05) is 25.6 Å². The average Bonchev–Trinajstić information content (AvgIpc) is 3.33. The van der Waals surface area contributed by atoms with Gasteiger partial charge in [-0.3, -0.25) is 9.69 Å². The van der Waals surface area contributed by atoms with Crippen molar-refractivity contribution in [3.05, 3.63) is 108 Å². The smallest absolute Gasteiger partial charge is 0.407 e. The molecule has 8 nitrogen and oxygen atoms in total. The van der Waals surface area contributed by atoms with E-state index >= 15 is 0 Å². The zero-order valence-electron chi connectivity index (χ0n) is 23.6. The van der Waals surface area contributed by atoms with Gasteiger partial charge in [-0.05, 0) is 53.5 Å². The molecule has 5 rings (SSSR count). The van der Waals surface area contributed by atoms with Crippen LogP contribution in [0.4, 0.5) is 4.79 Å². The van der Waals surface area contributed by atoms with Crippen molar-refractivity contribution in [2.45, 2.75) is 49.7 Å². The number of hydrogen-bond donors (Lipinski definition) is 3. The van der Waals surface area contributed by atoms with Crippen molar-refractivity contribution in [2.24, 2.45) is 0 Å². The molecule has 1 saturated heterocycles. The van der Waals surface area contributed by atoms with E-state index in [1.165, 1.54) is 0 Å². The Hall–Kier alpha value is -4.43. The van der Waals surface area contributed by atoms with E-state index < -0.39 is 29.6 Å². The zero-order valence-corrected chi connectivity index (χ0v) is 23.6. The Labute approximate surface area is 246 Å². The number of hydrogen-bond acceptors (Lipinski definition) is 5. The van der Waals surface area contributed by atoms with Crippen LogP contribution in [0.25, 0.3) is 11.1 Å². The first-order valence-electron chi connectivity index (χ1n) is 14.4. The fourth-order valence-electron chi connectivity index (χ4n) is 5.99. The normalized spacial score (nSPS) is 16.5. The van der Waals surface area contributed by atoms with Gasteiger partial charge in [0.2, 0.25) is 5.91 Å². The van der Waals surface area contributed by atoms with Gasteiger partial charge in [0.25, 0.3) is 0 Å². The fraction of sp³-hybridized carbons (Fsp3) is 0.324. The second-order valence-corrected chi connectivity index (χ2v) is 11.0. The van der Waals surface area contributed by atoms with Crippen LogP contribution in [-0.4, -0.2) is 59.3 Å². The lowest BCUT2D eigenvalue weighted by atomic mass is 9.86. The quantitative estimate of drug-likeness (QED) is 0.279. The van der Waals surface area contributed by atoms with Crippen molar-refractivity contribution in [1.82, 2.24) is 15.5 Å². The molecule has 0 spiro atoms. The Morgan fingerprint density at radius 2 is 1.55 bits per heavy atom. The summed E-state index contributed by atoms with van der Waals surface area (Å²) in [5.74, 6) is -1.72. The Morgan fingerprint density at radius 3 is 2.14 bits per heavy atom. The van der Waals surface area contributed by atoms with Gasteiger partial charge in [-0.25, -0.2) is 9.59 Å². The van der Waals surface area contributed by atoms with Crippen LogP contribution in [0.2, 0.25) is 0 Å². The molecule has 0 aromatic heterocycles. The number of allylic oxidation sites excluding steroid dienone is 1. The summed E-state index contributed by atoms with van der Waals surface area (Å²) >= 11 is 0. The molecule has 2 aliphatic rings. The molecule has 3 aromatic rings. The molecule has 8 heteroatoms. The molecule has 1 unspecified atom stereocenters. The highest BCUT2D eigenvalue weighted by Crippen LogP contribution is 2.44. The van der Waals surface area contributed by atoms with E-state index in [2.05, 4.69) is 34.2 Å². The minimum atomic E-state index is -1.40. The molecule has 0 radical (unpaired) electrons. The van der Waals surface area contributed by atoms with Gasteiger partial charge in [0.15, 0.2) is 0 Å². The van der Waals surface area contributed by atoms with Crippen molar-refractivity contribution in [3.8, 4) is 11.1 Å². The van der Waals surface area contributed by atoms with Gasteiger partial charge in [0.05, 0.1) is 0 Å². The van der Waals surface area contributed by atoms with Crippen LogP contribution in [-0.2, 0) is 20.9 Å². The highest BCUT2D eigenvalue weighted by Gasteiger charge is 2.44. The summed E-state index contributed by atoms with van der Waals surface area (Å²) in [7, 11) is 0. The number of amides is 2. The van der Waals surface area contributed by atoms with E-state index in [0.29, 0.717) is 19.5 Å². The number of piperidine rings is 1. The topological polar surface area (TPSA) is 108 Å². The third-order valence-electron chi connectivity index (χ3n) is 8.34. The van der Waals surface area contributed by atoms with Gasteiger partial charge in [-0.2, -0.15) is 0 Å². The third kappa shape index (κ3) is 6.39. The number of carboxylic acids is 1. The maximum Gasteiger partial charge on any atom is 0.407 e. The number of carbonyl (C=O) groups is 3. The SMILES string of the molecule is C=CCCC(NC(=O)OCC1c2ccccc2-c2ccccc21)C(=O)NC1(C(=O)O)CCN(Cc2ccccc2)CC1. The number of nitrogens with zero attached hydrogens (tertiary/aromatic N) is 1. The molecule has 3 N–H and O–H groups in total. The minimum absolute atomic E-state index is 0.111. The number of carbonyl (C=O) groups excluding carboxylic acids is 2. The van der Waals surface area contributed by atoms with Crippen molar-refractivity contribution in [2.75, 3.05) is 19.7 Å². The third-order valence-corrected chi connectivity index (χ3v) is 8.34. The standard InChI is InChI=1S/C34H37N3O5/c1-2-3-17-30(31(38)36-34(32(39)40)18-20-37(21-19-34)22-24-11-5-4-6-12-24)35-33(41)42-23-29-27-15-9-7-13-25(27)26-14-8-10-16-28(26)29/h2,4-16,29-30H,1,3,17-23H2,(H,35,41)(H,36,38)(H,39,40). The largest absolute Gasteiger partial charge is 0.480 e. The molecule has 2 amide bonds. The molecule has 218 valence electrons. The molecule has 3 aromatic carbocycles. The van der Waals surface area contributed by atoms with E-state index in [0.717, 1.165) is 34.4 Å². The number of alkyl carbamates (subject to hydrolysis) is 1. The summed E-state index contributed by atoms with van der Waals surface area (Å²) in [6.07, 6.45) is 2.21. The molecule has 1 aliphatic heterocycles. The fourth-order valence-corrected chi connectivity index (χ4v) is 5.99. The average molecular weight is 568 g/mol. The van der Waals surface area contributed by atoms with E-state index in [1.807, 2.05) is 66.7 Å². The first-order chi connectivity index (χ1) is 20.4. The Bertz CT molecular complexity index is 1390. The molecule has 42 heavy (non-hydrogen) atoms. The Balaban J connectivity index is 1.21. The highest BCUT2D eigenvalue weighted by atomic mass is 16.5. The Kier molecular flexibility index (Phi) is 9.03. The monoisotopic (exact) mass is 567 g/mol. The first-order valence-corrected chi connectivity index (χ1v) is 14.4. The molecular weight excluding hydrogens is 530 g/mol. The maximum atomic E-state index is 13.4. The molecule has 1 atom stereocenters. The van der Waals surface area contributed by atoms with Gasteiger partial charge in [-0.1, -0.05) is 84.9 Å². The van der Waals surface area contributed by atoms with Crippen LogP contribution >= 0.6 is 0 Å². The zero-order chi connectivity index (χ0) is 29.5. The number of carboxylic acid groups (broad SMARTS) is 1. The van der Waals surface area contributed by atoms with E-state index in [1.54, 1.807) is 6.08 Å². The minimum Gasteiger partial charge on any atom is -0.480 e. The second-order valence-electron chi connectivity index (χ2n) is 11.0. The van der Waals surface area contributed by atoms with Crippen molar-refractivity contribution in [1.29, 1.82) is 0 Å². The van der Waals surface area contributed by atoms with Gasteiger partial charge in [-0.15, -0.1) is 6.58 Å². The molecule has 1 heterocycles. The van der Waals surface area contributed by atoms with E-state index in [-0.39, 0.29) is 31.8 Å². The van der Waals surface area contributed by atoms with Crippen molar-refractivity contribution >= 4 is 18.0 Å². The molecule has 1 aliphatic carbocycles. The van der Waals surface area contributed by atoms with Gasteiger partial charge >= 0.3 is 12.1 Å². The first kappa shape index (κ1) is 29.1. The summed E-state index contributed by atoms with van der Waals surface area (Å²) < 4.78 is 5.65. The number of nitrogens with one attached hydrogen (secondary N) is 2. The van der Waals surface area contributed by atoms with Crippen LogP contribution in [0.15, 0.2) is 91.5 Å². The highest BCUT2D eigenvalue weighted by molar-refractivity contribution is 5.91. The van der Waals surface area contributed by atoms with Crippen LogP contribution in [0, 0.1) is 0 Å². The van der Waals surface area contributed by atoms with Gasteiger partial charge < -0.3 is 20.5 Å². The van der Waals surface area contributed by atoms with Crippen LogP contribution in [0.1, 0.15) is 48.3 Å². The van der Waals surface area contributed by atoms with Crippen LogP contribution < -0.4 is 10.6 Å². The van der Waals surface area contributed by atoms with E-state index in [4.69, 9.17) is 4.74 Å². The summed E-state index contributed by atoms with van der Waals surface area (Å²) in [6.45, 7) is 5.62. The summed E-state index contributed by atoms with van der Waals surface area (Å²) in [5.41, 5.74) is 4.18. The van der Waals surface area contributed by atoms with Crippen molar-refractivity contribution < 1.29 is 24.2 Å². The van der Waals surface area contributed by atoms with Crippen molar-refractivity contribution in [3.63, 3.8) is 0 Å². The predicted octanol–water partition coefficient (Wildman–Crippen LogP) is 5.10. The Morgan fingerprint density at radius 1 is 0.952 bits per heavy atom. The maximum absolute atomic E-state index is 13.4. The number of aliphatic carboxylic acids is 1. The van der Waals surface area contributed by atoms with E-state index in [9.17, 15) is 19.5 Å². The molecular formula is C34H37N3O5. The van der Waals surface area contributed by atoms with Crippen LogP contribution in [0.5, 0.6) is 0 Å². The molecule has 0 bridgehead atoms. The van der Waals surface area contributed by atoms with Gasteiger partial charge in [0.1, 0.15) is 18.2 Å². The van der Waals surface area contributed by atoms with Crippen LogP contribution in [0.3, 0.4) is 0 Å². The summed E-state index contributed by atoms with van der Waals surface area (Å²) in [5, 5.41) is 15.6. The second kappa shape index (κ2) is 13.0. The molecule has 0 saturated carbocycles. The number of benzene rings is 3.